The molecule has 2 aromatic rings. The van der Waals surface area contributed by atoms with Crippen molar-refractivity contribution < 1.29 is 19.2 Å². The van der Waals surface area contributed by atoms with Crippen LogP contribution in [0.1, 0.15) is 57.8 Å². The van der Waals surface area contributed by atoms with Gasteiger partial charge < -0.3 is 38.1 Å². The number of hydrogen-bond acceptors (Lipinski definition) is 11. The summed E-state index contributed by atoms with van der Waals surface area (Å²) in [6, 6.07) is 7.37. The maximum Gasteiger partial charge on any atom is 0.239 e. The molecular weight excluding hydrogens is 602 g/mol. The van der Waals surface area contributed by atoms with Crippen LogP contribution in [0, 0.1) is 11.8 Å². The highest BCUT2D eigenvalue weighted by Gasteiger charge is 2.41. The van der Waals surface area contributed by atoms with Crippen LogP contribution in [0.3, 0.4) is 0 Å². The third-order valence-corrected chi connectivity index (χ3v) is 9.11. The van der Waals surface area contributed by atoms with E-state index in [1.807, 2.05) is 24.3 Å². The summed E-state index contributed by atoms with van der Waals surface area (Å²) in [5.74, 6) is -0.672. The Balaban J connectivity index is 1.12. The zero-order chi connectivity index (χ0) is 33.8. The largest absolute Gasteiger partial charge is 0.383 e. The van der Waals surface area contributed by atoms with Crippen molar-refractivity contribution in [2.24, 2.45) is 17.6 Å². The summed E-state index contributed by atoms with van der Waals surface area (Å²) in [5, 5.41) is 16.1. The van der Waals surface area contributed by atoms with E-state index in [1.54, 1.807) is 19.1 Å². The summed E-state index contributed by atoms with van der Waals surface area (Å²) in [4.78, 5) is 53.9. The SMILES string of the molecule is CNc1c(N)nc2ccccc2c1N(C)NNCC(=O)NCC(=O)NCC(=O)NCC(=O)NC1C2CCCCCCCCC(C2)C1N. The molecule has 0 aliphatic heterocycles. The average Bonchev–Trinajstić information content (AvgIpc) is 3.31. The van der Waals surface area contributed by atoms with Gasteiger partial charge in [0.1, 0.15) is 11.5 Å². The fraction of sp³-hybridized carbons (Fsp3) is 0.594. The van der Waals surface area contributed by atoms with Gasteiger partial charge in [-0.2, -0.15) is 5.53 Å². The zero-order valence-electron chi connectivity index (χ0n) is 27.5. The number of nitrogens with zero attached hydrogens (tertiary/aromatic N) is 2. The minimum Gasteiger partial charge on any atom is -0.383 e. The van der Waals surface area contributed by atoms with Crippen molar-refractivity contribution in [1.29, 1.82) is 0 Å². The molecule has 2 aliphatic rings. The van der Waals surface area contributed by atoms with E-state index in [1.165, 1.54) is 32.1 Å². The lowest BCUT2D eigenvalue weighted by atomic mass is 9.94. The van der Waals surface area contributed by atoms with Gasteiger partial charge in [-0.15, -0.1) is 0 Å². The van der Waals surface area contributed by atoms with Crippen LogP contribution in [0.25, 0.3) is 10.9 Å². The number of para-hydroxylation sites is 1. The van der Waals surface area contributed by atoms with Gasteiger partial charge in [0.05, 0.1) is 37.4 Å². The Hall–Kier alpha value is -4.21. The van der Waals surface area contributed by atoms with Crippen molar-refractivity contribution in [3.63, 3.8) is 0 Å². The minimum atomic E-state index is -0.542. The van der Waals surface area contributed by atoms with Gasteiger partial charge in [0.25, 0.3) is 0 Å². The fourth-order valence-electron chi connectivity index (χ4n) is 6.71. The fourth-order valence-corrected chi connectivity index (χ4v) is 6.71. The summed E-state index contributed by atoms with van der Waals surface area (Å²) in [5.41, 5.74) is 20.5. The van der Waals surface area contributed by atoms with Crippen molar-refractivity contribution in [1.82, 2.24) is 37.2 Å². The Kier molecular flexibility index (Phi) is 13.4. The number of pyridine rings is 1. The number of carbonyl (C=O) groups excluding carboxylic acids is 4. The van der Waals surface area contributed by atoms with E-state index in [-0.39, 0.29) is 44.2 Å². The standard InChI is InChI=1S/C32H51N11O4/c1-35-30-31(22-13-9-10-14-23(22)40-32(30)34)43(2)42-39-19-26(46)37-17-24(44)36-16-25(45)38-18-27(47)41-29-21-12-8-6-4-3-5-7-11-20(15-21)28(29)33/h9-10,13-14,20-21,28-29,35,39,42H,3-8,11-12,15-19,33H2,1-2H3,(H2,34,40)(H,36,44)(H,37,46)(H,38,45)(H,41,47). The second kappa shape index (κ2) is 17.6. The zero-order valence-corrected chi connectivity index (χ0v) is 27.5. The normalized spacial score (nSPS) is 21.3. The van der Waals surface area contributed by atoms with E-state index in [4.69, 9.17) is 11.5 Å². The van der Waals surface area contributed by atoms with Crippen molar-refractivity contribution in [3.8, 4) is 0 Å². The molecule has 2 saturated carbocycles. The first-order valence-electron chi connectivity index (χ1n) is 16.6. The Morgan fingerprint density at radius 1 is 0.830 bits per heavy atom. The Morgan fingerprint density at radius 2 is 1.40 bits per heavy atom. The van der Waals surface area contributed by atoms with E-state index in [0.717, 1.165) is 42.3 Å². The maximum atomic E-state index is 12.7. The summed E-state index contributed by atoms with van der Waals surface area (Å²) in [6.07, 6.45) is 10.5. The summed E-state index contributed by atoms with van der Waals surface area (Å²) in [6.45, 7) is -0.984. The molecule has 1 aromatic heterocycles. The minimum absolute atomic E-state index is 0.0761. The van der Waals surface area contributed by atoms with Gasteiger partial charge in [-0.1, -0.05) is 56.7 Å². The van der Waals surface area contributed by atoms with Crippen LogP contribution in [0.2, 0.25) is 0 Å². The van der Waals surface area contributed by atoms with E-state index in [0.29, 0.717) is 23.3 Å². The highest BCUT2D eigenvalue weighted by molar-refractivity contribution is 6.01. The predicted molar refractivity (Wildman–Crippen MR) is 183 cm³/mol. The molecule has 2 aliphatic carbocycles. The second-order valence-corrected chi connectivity index (χ2v) is 12.5. The Morgan fingerprint density at radius 3 is 2.06 bits per heavy atom. The van der Waals surface area contributed by atoms with Crippen LogP contribution >= 0.6 is 0 Å². The molecular formula is C32H51N11O4. The van der Waals surface area contributed by atoms with Crippen molar-refractivity contribution in [2.75, 3.05) is 56.3 Å². The lowest BCUT2D eigenvalue weighted by Crippen LogP contribution is -2.52. The first kappa shape index (κ1) is 35.6. The van der Waals surface area contributed by atoms with Crippen molar-refractivity contribution in [2.45, 2.75) is 69.9 Å². The number of nitrogens with two attached hydrogens (primary N) is 2. The molecule has 4 amide bonds. The Labute approximate surface area is 276 Å². The lowest BCUT2D eigenvalue weighted by molar-refractivity contribution is -0.128. The Bertz CT molecular complexity index is 1390. The van der Waals surface area contributed by atoms with E-state index in [2.05, 4.69) is 42.5 Å². The highest BCUT2D eigenvalue weighted by Crippen LogP contribution is 2.38. The number of hydrogen-bond donors (Lipinski definition) is 9. The van der Waals surface area contributed by atoms with E-state index >= 15 is 0 Å². The quantitative estimate of drug-likeness (QED) is 0.133. The number of rotatable bonds is 13. The summed E-state index contributed by atoms with van der Waals surface area (Å²) >= 11 is 0. The number of aromatic nitrogens is 1. The van der Waals surface area contributed by atoms with Gasteiger partial charge in [0.15, 0.2) is 0 Å². The van der Waals surface area contributed by atoms with Gasteiger partial charge in [-0.25, -0.2) is 10.4 Å². The van der Waals surface area contributed by atoms with Crippen LogP contribution in [0.4, 0.5) is 17.2 Å². The van der Waals surface area contributed by atoms with Crippen molar-refractivity contribution in [3.05, 3.63) is 24.3 Å². The van der Waals surface area contributed by atoms with Gasteiger partial charge in [0.2, 0.25) is 23.6 Å². The molecule has 2 bridgehead atoms. The number of nitrogens with one attached hydrogen (secondary N) is 7. The molecule has 0 saturated heterocycles. The smallest absolute Gasteiger partial charge is 0.239 e. The third-order valence-electron chi connectivity index (χ3n) is 9.11. The van der Waals surface area contributed by atoms with Gasteiger partial charge in [0, 0.05) is 31.6 Å². The first-order chi connectivity index (χ1) is 22.7. The number of benzene rings is 1. The molecule has 11 N–H and O–H groups in total. The summed E-state index contributed by atoms with van der Waals surface area (Å²) in [7, 11) is 3.50. The molecule has 1 heterocycles. The molecule has 0 radical (unpaired) electrons. The molecule has 1 aromatic carbocycles. The lowest BCUT2D eigenvalue weighted by Gasteiger charge is -2.25. The molecule has 4 unspecified atom stereocenters. The van der Waals surface area contributed by atoms with E-state index in [9.17, 15) is 19.2 Å². The maximum absolute atomic E-state index is 12.7. The molecule has 258 valence electrons. The second-order valence-electron chi connectivity index (χ2n) is 12.5. The number of hydrazine groups is 2. The average molecular weight is 654 g/mol. The van der Waals surface area contributed by atoms with Crippen LogP contribution in [-0.2, 0) is 19.2 Å². The molecule has 4 rings (SSSR count). The summed E-state index contributed by atoms with van der Waals surface area (Å²) < 4.78 is 0. The molecule has 0 spiro atoms. The van der Waals surface area contributed by atoms with Gasteiger partial charge >= 0.3 is 0 Å². The van der Waals surface area contributed by atoms with Crippen LogP contribution in [0.15, 0.2) is 24.3 Å². The van der Waals surface area contributed by atoms with Gasteiger partial charge in [-0.3, -0.25) is 24.2 Å². The number of anilines is 3. The first-order valence-corrected chi connectivity index (χ1v) is 16.6. The number of fused-ring (bicyclic) bond motifs is 3. The molecule has 47 heavy (non-hydrogen) atoms. The topological polar surface area (TPSA) is 221 Å². The highest BCUT2D eigenvalue weighted by atomic mass is 16.2. The van der Waals surface area contributed by atoms with Crippen LogP contribution in [0.5, 0.6) is 0 Å². The molecule has 15 heteroatoms. The molecule has 4 atom stereocenters. The van der Waals surface area contributed by atoms with Crippen LogP contribution in [-0.4, -0.2) is 81.0 Å². The number of carbonyl (C=O) groups is 4. The number of amides is 4. The van der Waals surface area contributed by atoms with Crippen molar-refractivity contribution >= 4 is 51.7 Å². The van der Waals surface area contributed by atoms with Crippen LogP contribution < -0.4 is 54.0 Å². The number of nitrogen functional groups attached to an aromatic ring is 1. The molecule has 2 fully saturated rings. The monoisotopic (exact) mass is 653 g/mol. The van der Waals surface area contributed by atoms with E-state index < -0.39 is 17.7 Å². The predicted octanol–water partition coefficient (Wildman–Crippen LogP) is 0.235. The third kappa shape index (κ3) is 10.1. The van der Waals surface area contributed by atoms with Gasteiger partial charge in [-0.05, 0) is 37.2 Å². The molecule has 15 nitrogen and oxygen atoms in total.